The van der Waals surface area contributed by atoms with E-state index in [-0.39, 0.29) is 5.91 Å². The van der Waals surface area contributed by atoms with E-state index >= 15 is 0 Å². The molecule has 2 fully saturated rings. The SMILES string of the molecule is O=C(NC1CC12CCN(Cc1ccccc1)CC2)c1ccc2n[nH]nc2c1. The predicted molar refractivity (Wildman–Crippen MR) is 103 cm³/mol. The zero-order valence-corrected chi connectivity index (χ0v) is 15.2. The molecule has 5 rings (SSSR count). The molecule has 138 valence electrons. The Morgan fingerprint density at radius 1 is 1.11 bits per heavy atom. The lowest BCUT2D eigenvalue weighted by Gasteiger charge is -2.33. The van der Waals surface area contributed by atoms with Crippen molar-refractivity contribution in [2.45, 2.75) is 31.8 Å². The van der Waals surface area contributed by atoms with Crippen molar-refractivity contribution in [2.24, 2.45) is 5.41 Å². The number of piperidine rings is 1. The highest BCUT2D eigenvalue weighted by molar-refractivity contribution is 5.97. The van der Waals surface area contributed by atoms with Crippen molar-refractivity contribution >= 4 is 16.9 Å². The van der Waals surface area contributed by atoms with E-state index in [1.807, 2.05) is 12.1 Å². The first-order valence-electron chi connectivity index (χ1n) is 9.60. The van der Waals surface area contributed by atoms with Crippen molar-refractivity contribution in [1.82, 2.24) is 25.6 Å². The van der Waals surface area contributed by atoms with Crippen LogP contribution in [0, 0.1) is 5.41 Å². The Hall–Kier alpha value is -2.73. The van der Waals surface area contributed by atoms with E-state index in [4.69, 9.17) is 0 Å². The molecule has 6 heteroatoms. The van der Waals surface area contributed by atoms with E-state index in [1.54, 1.807) is 6.07 Å². The van der Waals surface area contributed by atoms with Crippen LogP contribution in [0.25, 0.3) is 11.0 Å². The molecule has 1 spiro atoms. The number of hydrogen-bond acceptors (Lipinski definition) is 4. The maximum Gasteiger partial charge on any atom is 0.251 e. The average molecular weight is 361 g/mol. The van der Waals surface area contributed by atoms with Gasteiger partial charge in [-0.05, 0) is 61.5 Å². The highest BCUT2D eigenvalue weighted by atomic mass is 16.1. The molecule has 1 amide bonds. The van der Waals surface area contributed by atoms with Crippen LogP contribution in [0.5, 0.6) is 0 Å². The van der Waals surface area contributed by atoms with Crippen LogP contribution < -0.4 is 5.32 Å². The van der Waals surface area contributed by atoms with Crippen LogP contribution in [0.2, 0.25) is 0 Å². The quantitative estimate of drug-likeness (QED) is 0.749. The standard InChI is InChI=1S/C21H23N5O/c27-20(16-6-7-17-18(12-16)24-25-23-17)22-19-13-21(19)8-10-26(11-9-21)14-15-4-2-1-3-5-15/h1-7,12,19H,8-11,13-14H2,(H,22,27)(H,23,24,25). The second-order valence-corrected chi connectivity index (χ2v) is 7.88. The van der Waals surface area contributed by atoms with Gasteiger partial charge in [0.05, 0.1) is 0 Å². The molecule has 2 N–H and O–H groups in total. The first-order valence-corrected chi connectivity index (χ1v) is 9.60. The van der Waals surface area contributed by atoms with Gasteiger partial charge in [0.1, 0.15) is 11.0 Å². The summed E-state index contributed by atoms with van der Waals surface area (Å²) in [5.41, 5.74) is 3.83. The molecule has 3 aromatic rings. The van der Waals surface area contributed by atoms with Crippen LogP contribution in [0.4, 0.5) is 0 Å². The Labute approximate surface area is 157 Å². The summed E-state index contributed by atoms with van der Waals surface area (Å²) in [5.74, 6) is -0.00603. The molecule has 1 saturated heterocycles. The third-order valence-electron chi connectivity index (χ3n) is 6.17. The lowest BCUT2D eigenvalue weighted by Crippen LogP contribution is -2.38. The van der Waals surface area contributed by atoms with Gasteiger partial charge in [-0.3, -0.25) is 9.69 Å². The molecule has 2 heterocycles. The second-order valence-electron chi connectivity index (χ2n) is 7.88. The number of benzene rings is 2. The van der Waals surface area contributed by atoms with E-state index in [9.17, 15) is 4.79 Å². The number of fused-ring (bicyclic) bond motifs is 1. The van der Waals surface area contributed by atoms with Gasteiger partial charge in [-0.2, -0.15) is 15.4 Å². The Bertz CT molecular complexity index is 959. The van der Waals surface area contributed by atoms with Crippen LogP contribution in [0.15, 0.2) is 48.5 Å². The fourth-order valence-corrected chi connectivity index (χ4v) is 4.33. The van der Waals surface area contributed by atoms with Crippen LogP contribution >= 0.6 is 0 Å². The number of likely N-dealkylation sites (tertiary alicyclic amines) is 1. The van der Waals surface area contributed by atoms with E-state index in [0.717, 1.165) is 49.9 Å². The second kappa shape index (κ2) is 6.46. The fraction of sp³-hybridized carbons (Fsp3) is 0.381. The number of H-pyrrole nitrogens is 1. The minimum absolute atomic E-state index is 0.00603. The Morgan fingerprint density at radius 2 is 1.89 bits per heavy atom. The normalized spacial score (nSPS) is 21.4. The van der Waals surface area contributed by atoms with Gasteiger partial charge >= 0.3 is 0 Å². The molecule has 27 heavy (non-hydrogen) atoms. The van der Waals surface area contributed by atoms with Gasteiger partial charge < -0.3 is 5.32 Å². The molecule has 2 aromatic carbocycles. The van der Waals surface area contributed by atoms with E-state index in [1.165, 1.54) is 5.56 Å². The Balaban J connectivity index is 1.17. The van der Waals surface area contributed by atoms with Crippen LogP contribution in [-0.2, 0) is 6.54 Å². The number of aromatic amines is 1. The van der Waals surface area contributed by atoms with Gasteiger partial charge in [-0.15, -0.1) is 0 Å². The summed E-state index contributed by atoms with van der Waals surface area (Å²) < 4.78 is 0. The van der Waals surface area contributed by atoms with E-state index < -0.39 is 0 Å². The first kappa shape index (κ1) is 16.4. The third-order valence-corrected chi connectivity index (χ3v) is 6.17. The van der Waals surface area contributed by atoms with Gasteiger partial charge in [0, 0.05) is 18.2 Å². The summed E-state index contributed by atoms with van der Waals surface area (Å²) in [6, 6.07) is 16.4. The number of rotatable bonds is 4. The smallest absolute Gasteiger partial charge is 0.251 e. The molecule has 2 aliphatic rings. The van der Waals surface area contributed by atoms with Crippen LogP contribution in [0.1, 0.15) is 35.2 Å². The maximum absolute atomic E-state index is 12.6. The zero-order valence-electron chi connectivity index (χ0n) is 15.2. The molecular formula is C21H23N5O. The van der Waals surface area contributed by atoms with E-state index in [0.29, 0.717) is 17.0 Å². The van der Waals surface area contributed by atoms with Crippen molar-refractivity contribution in [2.75, 3.05) is 13.1 Å². The Kier molecular flexibility index (Phi) is 3.93. The molecule has 0 radical (unpaired) electrons. The van der Waals surface area contributed by atoms with Gasteiger partial charge in [-0.1, -0.05) is 30.3 Å². The molecule has 1 aromatic heterocycles. The molecule has 6 nitrogen and oxygen atoms in total. The maximum atomic E-state index is 12.6. The number of carbonyl (C=O) groups excluding carboxylic acids is 1. The summed E-state index contributed by atoms with van der Waals surface area (Å²) >= 11 is 0. The summed E-state index contributed by atoms with van der Waals surface area (Å²) in [6.45, 7) is 3.23. The summed E-state index contributed by atoms with van der Waals surface area (Å²) in [6.07, 6.45) is 3.42. The lowest BCUT2D eigenvalue weighted by atomic mass is 9.92. The Morgan fingerprint density at radius 3 is 2.70 bits per heavy atom. The largest absolute Gasteiger partial charge is 0.349 e. The zero-order chi connectivity index (χ0) is 18.3. The number of hydrogen-bond donors (Lipinski definition) is 2. The molecule has 1 aliphatic heterocycles. The highest BCUT2D eigenvalue weighted by Gasteiger charge is 2.55. The van der Waals surface area contributed by atoms with Gasteiger partial charge in [0.25, 0.3) is 5.91 Å². The molecule has 1 atom stereocenters. The minimum Gasteiger partial charge on any atom is -0.349 e. The minimum atomic E-state index is -0.00603. The number of nitrogens with one attached hydrogen (secondary N) is 2. The number of aromatic nitrogens is 3. The molecule has 1 unspecified atom stereocenters. The van der Waals surface area contributed by atoms with Crippen LogP contribution in [0.3, 0.4) is 0 Å². The topological polar surface area (TPSA) is 73.9 Å². The number of amides is 1. The summed E-state index contributed by atoms with van der Waals surface area (Å²) in [7, 11) is 0. The number of nitrogens with zero attached hydrogens (tertiary/aromatic N) is 3. The predicted octanol–water partition coefficient (Wildman–Crippen LogP) is 2.74. The van der Waals surface area contributed by atoms with Gasteiger partial charge in [-0.25, -0.2) is 0 Å². The monoisotopic (exact) mass is 361 g/mol. The molecule has 0 bridgehead atoms. The molecular weight excluding hydrogens is 338 g/mol. The lowest BCUT2D eigenvalue weighted by molar-refractivity contribution is 0.0934. The fourth-order valence-electron chi connectivity index (χ4n) is 4.33. The van der Waals surface area contributed by atoms with Crippen molar-refractivity contribution in [3.05, 3.63) is 59.7 Å². The summed E-state index contributed by atoms with van der Waals surface area (Å²) in [4.78, 5) is 15.1. The van der Waals surface area contributed by atoms with Crippen molar-refractivity contribution in [1.29, 1.82) is 0 Å². The number of carbonyl (C=O) groups is 1. The van der Waals surface area contributed by atoms with Crippen LogP contribution in [-0.4, -0.2) is 45.3 Å². The highest BCUT2D eigenvalue weighted by Crippen LogP contribution is 2.54. The van der Waals surface area contributed by atoms with Gasteiger partial charge in [0.15, 0.2) is 0 Å². The summed E-state index contributed by atoms with van der Waals surface area (Å²) in [5, 5.41) is 13.9. The molecule has 1 saturated carbocycles. The van der Waals surface area contributed by atoms with Crippen molar-refractivity contribution < 1.29 is 4.79 Å². The van der Waals surface area contributed by atoms with Crippen molar-refractivity contribution in [3.8, 4) is 0 Å². The molecule has 1 aliphatic carbocycles. The van der Waals surface area contributed by atoms with Gasteiger partial charge in [0.2, 0.25) is 0 Å². The van der Waals surface area contributed by atoms with E-state index in [2.05, 4.69) is 56.0 Å². The average Bonchev–Trinajstić information content (AvgIpc) is 3.13. The van der Waals surface area contributed by atoms with Crippen molar-refractivity contribution in [3.63, 3.8) is 0 Å². The third kappa shape index (κ3) is 3.21. The first-order chi connectivity index (χ1) is 13.2.